The van der Waals surface area contributed by atoms with E-state index in [2.05, 4.69) is 28.4 Å². The second-order valence-corrected chi connectivity index (χ2v) is 7.20. The number of benzene rings is 1. The number of aryl methyl sites for hydroxylation is 1. The van der Waals surface area contributed by atoms with Crippen LogP contribution in [0.15, 0.2) is 18.2 Å². The number of carbonyl (C=O) groups is 1. The van der Waals surface area contributed by atoms with Crippen molar-refractivity contribution in [1.82, 2.24) is 10.2 Å². The summed E-state index contributed by atoms with van der Waals surface area (Å²) in [5, 5.41) is 3.36. The first kappa shape index (κ1) is 15.2. The Kier molecular flexibility index (Phi) is 4.12. The van der Waals surface area contributed by atoms with Crippen LogP contribution in [0.25, 0.3) is 0 Å². The molecular formula is C19H26N2O2. The third-order valence-electron chi connectivity index (χ3n) is 5.97. The standard InChI is InChI=1S/C19H26N2O2/c1-23-19(22)13-6-8-21(9-7-13)18-5-3-15-10-14(2-4-17(15)18)16-11-20-12-16/h2,4,10,13,16,18,20H,3,5-9,11-12H2,1H3. The molecule has 4 rings (SSSR count). The van der Waals surface area contributed by atoms with Gasteiger partial charge in [0.1, 0.15) is 0 Å². The molecule has 4 heteroatoms. The van der Waals surface area contributed by atoms with Crippen LogP contribution in [0.3, 0.4) is 0 Å². The monoisotopic (exact) mass is 314 g/mol. The molecule has 1 aromatic carbocycles. The molecule has 2 fully saturated rings. The van der Waals surface area contributed by atoms with Crippen LogP contribution in [-0.4, -0.2) is 44.2 Å². The van der Waals surface area contributed by atoms with Crippen LogP contribution >= 0.6 is 0 Å². The van der Waals surface area contributed by atoms with E-state index in [9.17, 15) is 4.79 Å². The van der Waals surface area contributed by atoms with E-state index in [-0.39, 0.29) is 11.9 Å². The summed E-state index contributed by atoms with van der Waals surface area (Å²) in [5.74, 6) is 0.788. The van der Waals surface area contributed by atoms with E-state index in [1.807, 2.05) is 0 Å². The fourth-order valence-corrected chi connectivity index (χ4v) is 4.39. The summed E-state index contributed by atoms with van der Waals surface area (Å²) in [6, 6.07) is 7.70. The zero-order valence-corrected chi connectivity index (χ0v) is 13.9. The molecule has 1 N–H and O–H groups in total. The van der Waals surface area contributed by atoms with E-state index < -0.39 is 0 Å². The molecular weight excluding hydrogens is 288 g/mol. The largest absolute Gasteiger partial charge is 0.469 e. The number of rotatable bonds is 3. The van der Waals surface area contributed by atoms with Crippen molar-refractivity contribution in [2.24, 2.45) is 5.92 Å². The number of ether oxygens (including phenoxy) is 1. The first-order valence-electron chi connectivity index (χ1n) is 8.91. The van der Waals surface area contributed by atoms with Gasteiger partial charge in [0.2, 0.25) is 0 Å². The van der Waals surface area contributed by atoms with Gasteiger partial charge in [0, 0.05) is 25.0 Å². The number of hydrogen-bond acceptors (Lipinski definition) is 4. The number of piperidine rings is 1. The minimum atomic E-state index is -0.0322. The van der Waals surface area contributed by atoms with E-state index in [0.29, 0.717) is 6.04 Å². The van der Waals surface area contributed by atoms with Crippen molar-refractivity contribution in [3.63, 3.8) is 0 Å². The van der Waals surface area contributed by atoms with Crippen molar-refractivity contribution >= 4 is 5.97 Å². The van der Waals surface area contributed by atoms with Gasteiger partial charge in [0.15, 0.2) is 0 Å². The number of fused-ring (bicyclic) bond motifs is 1. The minimum absolute atomic E-state index is 0.0322. The molecule has 0 spiro atoms. The van der Waals surface area contributed by atoms with Gasteiger partial charge in [0.25, 0.3) is 0 Å². The average Bonchev–Trinajstić information content (AvgIpc) is 2.96. The molecule has 4 nitrogen and oxygen atoms in total. The Labute approximate surface area is 138 Å². The first-order valence-corrected chi connectivity index (χ1v) is 8.91. The van der Waals surface area contributed by atoms with E-state index in [4.69, 9.17) is 4.74 Å². The number of methoxy groups -OCH3 is 1. The molecule has 0 bridgehead atoms. The van der Waals surface area contributed by atoms with Crippen LogP contribution in [0, 0.1) is 5.92 Å². The Balaban J connectivity index is 1.43. The van der Waals surface area contributed by atoms with Crippen LogP contribution in [0.2, 0.25) is 0 Å². The Hall–Kier alpha value is -1.39. The van der Waals surface area contributed by atoms with Crippen LogP contribution in [0.1, 0.15) is 47.9 Å². The first-order chi connectivity index (χ1) is 11.3. The third-order valence-corrected chi connectivity index (χ3v) is 5.97. The van der Waals surface area contributed by atoms with Crippen molar-refractivity contribution in [1.29, 1.82) is 0 Å². The molecule has 0 saturated carbocycles. The number of esters is 1. The lowest BCUT2D eigenvalue weighted by atomic mass is 9.90. The number of nitrogens with one attached hydrogen (secondary N) is 1. The molecule has 1 unspecified atom stereocenters. The molecule has 23 heavy (non-hydrogen) atoms. The molecule has 2 saturated heterocycles. The minimum Gasteiger partial charge on any atom is -0.469 e. The molecule has 2 aliphatic heterocycles. The molecule has 3 aliphatic rings. The maximum Gasteiger partial charge on any atom is 0.308 e. The number of likely N-dealkylation sites (tertiary alicyclic amines) is 1. The number of hydrogen-bond donors (Lipinski definition) is 1. The fraction of sp³-hybridized carbons (Fsp3) is 0.632. The summed E-state index contributed by atoms with van der Waals surface area (Å²) in [4.78, 5) is 14.3. The smallest absolute Gasteiger partial charge is 0.308 e. The van der Waals surface area contributed by atoms with Crippen molar-refractivity contribution in [3.8, 4) is 0 Å². The van der Waals surface area contributed by atoms with E-state index in [1.54, 1.807) is 5.56 Å². The topological polar surface area (TPSA) is 41.6 Å². The highest BCUT2D eigenvalue weighted by atomic mass is 16.5. The highest BCUT2D eigenvalue weighted by Gasteiger charge is 2.33. The third kappa shape index (κ3) is 2.79. The zero-order valence-electron chi connectivity index (χ0n) is 13.9. The van der Waals surface area contributed by atoms with Crippen molar-refractivity contribution in [2.45, 2.75) is 37.6 Å². The Morgan fingerprint density at radius 3 is 2.65 bits per heavy atom. The van der Waals surface area contributed by atoms with Crippen molar-refractivity contribution < 1.29 is 9.53 Å². The molecule has 0 amide bonds. The van der Waals surface area contributed by atoms with Gasteiger partial charge in [0.05, 0.1) is 13.0 Å². The molecule has 1 aliphatic carbocycles. The lowest BCUT2D eigenvalue weighted by Crippen LogP contribution is -2.40. The maximum atomic E-state index is 11.7. The van der Waals surface area contributed by atoms with Crippen molar-refractivity contribution in [3.05, 3.63) is 34.9 Å². The van der Waals surface area contributed by atoms with Crippen LogP contribution in [0.4, 0.5) is 0 Å². The van der Waals surface area contributed by atoms with Gasteiger partial charge in [-0.05, 0) is 55.5 Å². The van der Waals surface area contributed by atoms with Gasteiger partial charge in [-0.15, -0.1) is 0 Å². The van der Waals surface area contributed by atoms with Crippen LogP contribution < -0.4 is 5.32 Å². The quantitative estimate of drug-likeness (QED) is 0.869. The second-order valence-electron chi connectivity index (χ2n) is 7.20. The van der Waals surface area contributed by atoms with Crippen LogP contribution in [-0.2, 0) is 16.0 Å². The SMILES string of the molecule is COC(=O)C1CCN(C2CCc3cc(C4CNC4)ccc32)CC1. The van der Waals surface area contributed by atoms with Gasteiger partial charge < -0.3 is 10.1 Å². The summed E-state index contributed by atoms with van der Waals surface area (Å²) < 4.78 is 4.90. The molecule has 1 aromatic rings. The lowest BCUT2D eigenvalue weighted by molar-refractivity contribution is -0.147. The molecule has 1 atom stereocenters. The van der Waals surface area contributed by atoms with E-state index >= 15 is 0 Å². The van der Waals surface area contributed by atoms with Gasteiger partial charge in [-0.1, -0.05) is 18.2 Å². The number of carbonyl (C=O) groups excluding carboxylic acids is 1. The van der Waals surface area contributed by atoms with Gasteiger partial charge in [-0.2, -0.15) is 0 Å². The van der Waals surface area contributed by atoms with E-state index in [1.165, 1.54) is 31.1 Å². The normalized spacial score (nSPS) is 25.9. The van der Waals surface area contributed by atoms with Gasteiger partial charge in [-0.3, -0.25) is 9.69 Å². The predicted octanol–water partition coefficient (Wildman–Crippen LogP) is 2.25. The highest BCUT2D eigenvalue weighted by Crippen LogP contribution is 2.39. The second kappa shape index (κ2) is 6.25. The highest BCUT2D eigenvalue weighted by molar-refractivity contribution is 5.72. The lowest BCUT2D eigenvalue weighted by Gasteiger charge is -2.35. The summed E-state index contributed by atoms with van der Waals surface area (Å²) in [5.41, 5.74) is 4.58. The molecule has 2 heterocycles. The Bertz CT molecular complexity index is 589. The Morgan fingerprint density at radius 2 is 2.00 bits per heavy atom. The van der Waals surface area contributed by atoms with E-state index in [0.717, 1.165) is 44.9 Å². The summed E-state index contributed by atoms with van der Waals surface area (Å²) in [7, 11) is 1.50. The molecule has 0 aromatic heterocycles. The predicted molar refractivity (Wildman–Crippen MR) is 89.4 cm³/mol. The maximum absolute atomic E-state index is 11.7. The Morgan fingerprint density at radius 1 is 1.22 bits per heavy atom. The molecule has 124 valence electrons. The summed E-state index contributed by atoms with van der Waals surface area (Å²) >= 11 is 0. The van der Waals surface area contributed by atoms with Gasteiger partial charge in [-0.25, -0.2) is 0 Å². The summed E-state index contributed by atoms with van der Waals surface area (Å²) in [6.07, 6.45) is 4.30. The average molecular weight is 314 g/mol. The number of nitrogens with zero attached hydrogens (tertiary/aromatic N) is 1. The van der Waals surface area contributed by atoms with Crippen molar-refractivity contribution in [2.75, 3.05) is 33.3 Å². The van der Waals surface area contributed by atoms with Gasteiger partial charge >= 0.3 is 5.97 Å². The summed E-state index contributed by atoms with van der Waals surface area (Å²) in [6.45, 7) is 4.28. The zero-order chi connectivity index (χ0) is 15.8. The fourth-order valence-electron chi connectivity index (χ4n) is 4.39. The molecule has 0 radical (unpaired) electrons. The van der Waals surface area contributed by atoms with Crippen LogP contribution in [0.5, 0.6) is 0 Å².